The van der Waals surface area contributed by atoms with E-state index in [4.69, 9.17) is 11.0 Å². The van der Waals surface area contributed by atoms with Crippen LogP contribution in [0.5, 0.6) is 5.75 Å². The van der Waals surface area contributed by atoms with Gasteiger partial charge in [-0.05, 0) is 12.1 Å². The Bertz CT molecular complexity index is 482. The van der Waals surface area contributed by atoms with Gasteiger partial charge in [-0.2, -0.15) is 5.26 Å². The number of benzene rings is 1. The number of phenolic OH excluding ortho intramolecular Hbond substituents is 1. The molecular formula is C11H11BrN2O3. The van der Waals surface area contributed by atoms with E-state index in [1.807, 2.05) is 6.07 Å². The molecule has 0 radical (unpaired) electrons. The summed E-state index contributed by atoms with van der Waals surface area (Å²) in [4.78, 5) is 11.1. The molecule has 0 fully saturated rings. The number of ether oxygens (including phenoxy) is 1. The number of phenols is 1. The fourth-order valence-corrected chi connectivity index (χ4v) is 2.01. The smallest absolute Gasteiger partial charge is 0.307 e. The van der Waals surface area contributed by atoms with Crippen molar-refractivity contribution in [2.75, 3.05) is 7.11 Å². The molecule has 0 heterocycles. The molecule has 0 unspecified atom stereocenters. The number of nitriles is 1. The first-order valence-corrected chi connectivity index (χ1v) is 5.54. The largest absolute Gasteiger partial charge is 0.506 e. The third-order valence-electron chi connectivity index (χ3n) is 2.27. The van der Waals surface area contributed by atoms with E-state index in [1.165, 1.54) is 13.2 Å². The molecule has 0 aliphatic heterocycles. The molecule has 1 aromatic carbocycles. The maximum atomic E-state index is 11.1. The minimum Gasteiger partial charge on any atom is -0.506 e. The number of methoxy groups -OCH3 is 1. The molecule has 1 aromatic rings. The SMILES string of the molecule is COC(=O)C[C@@H](N)c1c(Br)ccc(C#N)c1O. The van der Waals surface area contributed by atoms with Crippen LogP contribution in [0, 0.1) is 11.3 Å². The Balaban J connectivity index is 3.13. The van der Waals surface area contributed by atoms with Gasteiger partial charge in [0.25, 0.3) is 0 Å². The Morgan fingerprint density at radius 3 is 2.88 bits per heavy atom. The number of nitrogens with zero attached hydrogens (tertiary/aromatic N) is 1. The van der Waals surface area contributed by atoms with Gasteiger partial charge in [-0.25, -0.2) is 0 Å². The summed E-state index contributed by atoms with van der Waals surface area (Å²) in [6, 6.07) is 4.18. The first-order valence-electron chi connectivity index (χ1n) is 4.75. The average Bonchev–Trinajstić information content (AvgIpc) is 2.29. The number of rotatable bonds is 3. The Morgan fingerprint density at radius 2 is 2.35 bits per heavy atom. The van der Waals surface area contributed by atoms with Crippen molar-refractivity contribution in [2.24, 2.45) is 5.73 Å². The second-order valence-corrected chi connectivity index (χ2v) is 4.21. The van der Waals surface area contributed by atoms with Crippen molar-refractivity contribution in [1.82, 2.24) is 0 Å². The van der Waals surface area contributed by atoms with Gasteiger partial charge in [0.05, 0.1) is 19.1 Å². The summed E-state index contributed by atoms with van der Waals surface area (Å²) in [5, 5.41) is 18.6. The number of aromatic hydroxyl groups is 1. The van der Waals surface area contributed by atoms with E-state index in [9.17, 15) is 9.90 Å². The lowest BCUT2D eigenvalue weighted by atomic mass is 10.0. The van der Waals surface area contributed by atoms with Crippen molar-refractivity contribution < 1.29 is 14.6 Å². The molecule has 0 spiro atoms. The highest BCUT2D eigenvalue weighted by molar-refractivity contribution is 9.10. The molecule has 5 nitrogen and oxygen atoms in total. The van der Waals surface area contributed by atoms with Crippen molar-refractivity contribution >= 4 is 21.9 Å². The number of hydrogen-bond acceptors (Lipinski definition) is 5. The lowest BCUT2D eigenvalue weighted by Crippen LogP contribution is -2.17. The van der Waals surface area contributed by atoms with Crippen molar-refractivity contribution in [3.63, 3.8) is 0 Å². The second kappa shape index (κ2) is 5.66. The summed E-state index contributed by atoms with van der Waals surface area (Å²) in [5.41, 5.74) is 6.24. The van der Waals surface area contributed by atoms with Gasteiger partial charge in [0.2, 0.25) is 0 Å². The molecule has 1 rings (SSSR count). The van der Waals surface area contributed by atoms with Crippen LogP contribution in [0.4, 0.5) is 0 Å². The first kappa shape index (κ1) is 13.5. The van der Waals surface area contributed by atoms with Crippen molar-refractivity contribution in [3.8, 4) is 11.8 Å². The highest BCUT2D eigenvalue weighted by Gasteiger charge is 2.20. The third-order valence-corrected chi connectivity index (χ3v) is 2.96. The zero-order valence-electron chi connectivity index (χ0n) is 9.11. The summed E-state index contributed by atoms with van der Waals surface area (Å²) in [7, 11) is 1.26. The van der Waals surface area contributed by atoms with E-state index < -0.39 is 12.0 Å². The van der Waals surface area contributed by atoms with E-state index in [0.29, 0.717) is 10.0 Å². The zero-order chi connectivity index (χ0) is 13.0. The van der Waals surface area contributed by atoms with Gasteiger partial charge >= 0.3 is 5.97 Å². The molecular weight excluding hydrogens is 288 g/mol. The Hall–Kier alpha value is -1.58. The summed E-state index contributed by atoms with van der Waals surface area (Å²) < 4.78 is 5.04. The lowest BCUT2D eigenvalue weighted by molar-refractivity contribution is -0.141. The standard InChI is InChI=1S/C11H11BrN2O3/c1-17-9(15)4-8(14)10-7(12)3-2-6(5-13)11(10)16/h2-3,8,16H,4,14H2,1H3/t8-/m1/s1. The fraction of sp³-hybridized carbons (Fsp3) is 0.273. The Labute approximate surface area is 107 Å². The molecule has 17 heavy (non-hydrogen) atoms. The minimum atomic E-state index is -0.731. The monoisotopic (exact) mass is 298 g/mol. The summed E-state index contributed by atoms with van der Waals surface area (Å²) in [6.07, 6.45) is -0.0719. The van der Waals surface area contributed by atoms with Crippen LogP contribution in [0.1, 0.15) is 23.6 Å². The summed E-state index contributed by atoms with van der Waals surface area (Å²) in [6.45, 7) is 0. The van der Waals surface area contributed by atoms with Crippen LogP contribution >= 0.6 is 15.9 Å². The van der Waals surface area contributed by atoms with E-state index in [1.54, 1.807) is 6.07 Å². The Morgan fingerprint density at radius 1 is 1.71 bits per heavy atom. The van der Waals surface area contributed by atoms with Crippen molar-refractivity contribution in [3.05, 3.63) is 27.7 Å². The molecule has 0 aliphatic rings. The van der Waals surface area contributed by atoms with Crippen LogP contribution in [0.2, 0.25) is 0 Å². The van der Waals surface area contributed by atoms with Gasteiger partial charge in [-0.3, -0.25) is 4.79 Å². The first-order chi connectivity index (χ1) is 8.01. The van der Waals surface area contributed by atoms with Gasteiger partial charge in [0.1, 0.15) is 11.8 Å². The highest BCUT2D eigenvalue weighted by atomic mass is 79.9. The highest BCUT2D eigenvalue weighted by Crippen LogP contribution is 2.34. The zero-order valence-corrected chi connectivity index (χ0v) is 10.7. The van der Waals surface area contributed by atoms with Gasteiger partial charge in [0, 0.05) is 16.1 Å². The fourth-order valence-electron chi connectivity index (χ4n) is 1.39. The maximum Gasteiger partial charge on any atom is 0.307 e. The molecule has 3 N–H and O–H groups in total. The van der Waals surface area contributed by atoms with Gasteiger partial charge < -0.3 is 15.6 Å². The van der Waals surface area contributed by atoms with E-state index in [0.717, 1.165) is 0 Å². The van der Waals surface area contributed by atoms with Crippen molar-refractivity contribution in [2.45, 2.75) is 12.5 Å². The molecule has 0 aromatic heterocycles. The number of nitrogens with two attached hydrogens (primary N) is 1. The van der Waals surface area contributed by atoms with E-state index in [2.05, 4.69) is 20.7 Å². The molecule has 0 amide bonds. The van der Waals surface area contributed by atoms with Crippen LogP contribution < -0.4 is 5.73 Å². The van der Waals surface area contributed by atoms with Crippen LogP contribution in [0.3, 0.4) is 0 Å². The number of carbonyl (C=O) groups is 1. The molecule has 0 saturated heterocycles. The predicted octanol–water partition coefficient (Wildman–Crippen LogP) is 1.59. The maximum absolute atomic E-state index is 11.1. The van der Waals surface area contributed by atoms with Crippen LogP contribution in [0.15, 0.2) is 16.6 Å². The molecule has 1 atom stereocenters. The van der Waals surface area contributed by atoms with E-state index in [-0.39, 0.29) is 17.7 Å². The predicted molar refractivity (Wildman–Crippen MR) is 64.1 cm³/mol. The number of esters is 1. The van der Waals surface area contributed by atoms with Crippen molar-refractivity contribution in [1.29, 1.82) is 5.26 Å². The average molecular weight is 299 g/mol. The van der Waals surface area contributed by atoms with Crippen LogP contribution in [-0.2, 0) is 9.53 Å². The number of carbonyl (C=O) groups excluding carboxylic acids is 1. The van der Waals surface area contributed by atoms with Gasteiger partial charge in [-0.15, -0.1) is 0 Å². The number of hydrogen-bond donors (Lipinski definition) is 2. The van der Waals surface area contributed by atoms with E-state index >= 15 is 0 Å². The normalized spacial score (nSPS) is 11.6. The van der Waals surface area contributed by atoms with Gasteiger partial charge in [0.15, 0.2) is 0 Å². The summed E-state index contributed by atoms with van der Waals surface area (Å²) in [5.74, 6) is -0.690. The Kier molecular flexibility index (Phi) is 4.49. The van der Waals surface area contributed by atoms with Gasteiger partial charge in [-0.1, -0.05) is 15.9 Å². The van der Waals surface area contributed by atoms with Crippen LogP contribution in [0.25, 0.3) is 0 Å². The quantitative estimate of drug-likeness (QED) is 0.826. The lowest BCUT2D eigenvalue weighted by Gasteiger charge is -2.15. The third kappa shape index (κ3) is 2.96. The minimum absolute atomic E-state index is 0.0719. The summed E-state index contributed by atoms with van der Waals surface area (Å²) >= 11 is 3.22. The number of halogens is 1. The molecule has 0 saturated carbocycles. The topological polar surface area (TPSA) is 96.3 Å². The van der Waals surface area contributed by atoms with Crippen LogP contribution in [-0.4, -0.2) is 18.2 Å². The molecule has 6 heteroatoms. The molecule has 90 valence electrons. The second-order valence-electron chi connectivity index (χ2n) is 3.36. The molecule has 0 bridgehead atoms. The molecule has 0 aliphatic carbocycles.